The number of rotatable bonds is 5. The number of ether oxygens (including phenoxy) is 1. The summed E-state index contributed by atoms with van der Waals surface area (Å²) in [5.41, 5.74) is 0. The summed E-state index contributed by atoms with van der Waals surface area (Å²) in [6.07, 6.45) is 2.17. The Hall–Kier alpha value is -0.750. The van der Waals surface area contributed by atoms with Gasteiger partial charge in [-0.2, -0.15) is 0 Å². The van der Waals surface area contributed by atoms with Crippen LogP contribution in [0.4, 0.5) is 0 Å². The van der Waals surface area contributed by atoms with Gasteiger partial charge in [0, 0.05) is 5.75 Å². The minimum atomic E-state index is -0.913. The average molecular weight is 273 g/mol. The van der Waals surface area contributed by atoms with Gasteiger partial charge in [-0.05, 0) is 32.6 Å². The van der Waals surface area contributed by atoms with Crippen LogP contribution in [0.15, 0.2) is 0 Å². The molecule has 1 heterocycles. The number of carboxylic acid groups (broad SMARTS) is 1. The van der Waals surface area contributed by atoms with E-state index in [1.807, 2.05) is 13.8 Å². The number of hydrogen-bond acceptors (Lipinski definition) is 4. The zero-order chi connectivity index (χ0) is 13.3. The van der Waals surface area contributed by atoms with Crippen LogP contribution in [0.1, 0.15) is 26.7 Å². The molecule has 0 spiro atoms. The zero-order valence-electron chi connectivity index (χ0n) is 10.7. The second-order valence-corrected chi connectivity index (χ2v) is 6.23. The molecule has 1 N–H and O–H groups in total. The van der Waals surface area contributed by atoms with Crippen molar-refractivity contribution in [2.24, 2.45) is 5.92 Å². The number of hydrogen-bond donors (Lipinski definition) is 1. The number of nitrogens with zero attached hydrogens (tertiary/aromatic N) is 1. The van der Waals surface area contributed by atoms with Gasteiger partial charge in [0.15, 0.2) is 0 Å². The van der Waals surface area contributed by atoms with E-state index >= 15 is 0 Å². The molecule has 2 unspecified atom stereocenters. The van der Waals surface area contributed by atoms with E-state index in [4.69, 9.17) is 4.74 Å². The maximum atomic E-state index is 12.1. The van der Waals surface area contributed by atoms with Crippen LogP contribution in [-0.2, 0) is 14.3 Å². The maximum Gasteiger partial charge on any atom is 0.327 e. The number of aliphatic carboxylic acids is 1. The number of thioether (sulfide) groups is 1. The van der Waals surface area contributed by atoms with Crippen molar-refractivity contribution in [1.29, 1.82) is 0 Å². The summed E-state index contributed by atoms with van der Waals surface area (Å²) in [6.45, 7) is 3.70. The molecular formula is C12H19NO4S. The second-order valence-electron chi connectivity index (χ2n) is 5.08. The van der Waals surface area contributed by atoms with Crippen LogP contribution in [-0.4, -0.2) is 51.8 Å². The highest BCUT2D eigenvalue weighted by Gasteiger charge is 2.47. The monoisotopic (exact) mass is 273 g/mol. The van der Waals surface area contributed by atoms with Crippen molar-refractivity contribution < 1.29 is 19.4 Å². The molecule has 2 aliphatic rings. The molecule has 0 aromatic heterocycles. The first-order valence-electron chi connectivity index (χ1n) is 6.28. The molecule has 0 bridgehead atoms. The Morgan fingerprint density at radius 1 is 1.44 bits per heavy atom. The van der Waals surface area contributed by atoms with Crippen molar-refractivity contribution in [2.45, 2.75) is 44.2 Å². The van der Waals surface area contributed by atoms with Gasteiger partial charge < -0.3 is 14.7 Å². The van der Waals surface area contributed by atoms with Crippen LogP contribution in [0.5, 0.6) is 0 Å². The van der Waals surface area contributed by atoms with Crippen LogP contribution in [0.25, 0.3) is 0 Å². The highest BCUT2D eigenvalue weighted by Crippen LogP contribution is 2.45. The molecule has 0 aromatic rings. The molecule has 102 valence electrons. The first-order chi connectivity index (χ1) is 8.50. The Bertz CT molecular complexity index is 343. The predicted octanol–water partition coefficient (Wildman–Crippen LogP) is 1.18. The van der Waals surface area contributed by atoms with Crippen LogP contribution in [0.3, 0.4) is 0 Å². The van der Waals surface area contributed by atoms with E-state index < -0.39 is 12.0 Å². The number of carbonyl (C=O) groups is 2. The summed E-state index contributed by atoms with van der Waals surface area (Å²) in [5, 5.41) is 9.22. The number of amides is 1. The van der Waals surface area contributed by atoms with Crippen molar-refractivity contribution >= 4 is 23.6 Å². The summed E-state index contributed by atoms with van der Waals surface area (Å²) < 4.78 is 5.30. The van der Waals surface area contributed by atoms with E-state index in [0.717, 1.165) is 12.8 Å². The fourth-order valence-electron chi connectivity index (χ4n) is 2.09. The van der Waals surface area contributed by atoms with Crippen LogP contribution in [0.2, 0.25) is 0 Å². The van der Waals surface area contributed by atoms with E-state index in [1.165, 1.54) is 4.90 Å². The largest absolute Gasteiger partial charge is 0.480 e. The molecule has 1 aliphatic carbocycles. The smallest absolute Gasteiger partial charge is 0.327 e. The molecule has 0 aromatic carbocycles. The summed E-state index contributed by atoms with van der Waals surface area (Å²) in [5.74, 6) is -0.145. The van der Waals surface area contributed by atoms with Crippen molar-refractivity contribution in [3.05, 3.63) is 0 Å². The first kappa shape index (κ1) is 13.7. The molecule has 1 aliphatic heterocycles. The first-order valence-corrected chi connectivity index (χ1v) is 7.32. The summed E-state index contributed by atoms with van der Waals surface area (Å²) >= 11 is 1.59. The van der Waals surface area contributed by atoms with Gasteiger partial charge in [-0.1, -0.05) is 0 Å². The van der Waals surface area contributed by atoms with Crippen molar-refractivity contribution in [1.82, 2.24) is 4.90 Å². The summed E-state index contributed by atoms with van der Waals surface area (Å²) in [6, 6.07) is -0.691. The molecule has 5 nitrogen and oxygen atoms in total. The maximum absolute atomic E-state index is 12.1. The summed E-state index contributed by atoms with van der Waals surface area (Å²) in [4.78, 5) is 24.9. The Morgan fingerprint density at radius 2 is 2.11 bits per heavy atom. The van der Waals surface area contributed by atoms with Gasteiger partial charge >= 0.3 is 5.97 Å². The minimum Gasteiger partial charge on any atom is -0.480 e. The van der Waals surface area contributed by atoms with E-state index in [-0.39, 0.29) is 24.0 Å². The Kier molecular flexibility index (Phi) is 4.17. The highest BCUT2D eigenvalue weighted by atomic mass is 32.2. The standard InChI is InChI=1S/C12H19NO4S/c1-7(2)17-5-10(14)13-9(12(15)16)6-18-11(13)8-3-4-8/h7-9,11H,3-6H2,1-2H3,(H,15,16). The molecule has 1 amide bonds. The topological polar surface area (TPSA) is 66.8 Å². The normalized spacial score (nSPS) is 27.8. The van der Waals surface area contributed by atoms with Crippen LogP contribution in [0, 0.1) is 5.92 Å². The van der Waals surface area contributed by atoms with E-state index in [0.29, 0.717) is 11.7 Å². The molecule has 2 atom stereocenters. The van der Waals surface area contributed by atoms with Gasteiger partial charge in [0.25, 0.3) is 0 Å². The van der Waals surface area contributed by atoms with Gasteiger partial charge in [-0.25, -0.2) is 4.79 Å². The fraction of sp³-hybridized carbons (Fsp3) is 0.833. The van der Waals surface area contributed by atoms with Gasteiger partial charge in [0.2, 0.25) is 5.91 Å². The van der Waals surface area contributed by atoms with E-state index in [1.54, 1.807) is 11.8 Å². The number of carboxylic acids is 1. The van der Waals surface area contributed by atoms with E-state index in [9.17, 15) is 14.7 Å². The molecule has 2 fully saturated rings. The lowest BCUT2D eigenvalue weighted by atomic mass is 10.2. The Balaban J connectivity index is 2.03. The predicted molar refractivity (Wildman–Crippen MR) is 68.3 cm³/mol. The number of carbonyl (C=O) groups excluding carboxylic acids is 1. The van der Waals surface area contributed by atoms with Gasteiger partial charge in [0.1, 0.15) is 12.6 Å². The Morgan fingerprint density at radius 3 is 2.61 bits per heavy atom. The van der Waals surface area contributed by atoms with Gasteiger partial charge in [-0.3, -0.25) is 4.79 Å². The third kappa shape index (κ3) is 2.98. The average Bonchev–Trinajstić information content (AvgIpc) is 3.04. The SMILES string of the molecule is CC(C)OCC(=O)N1C(C(=O)O)CSC1C1CC1. The van der Waals surface area contributed by atoms with Crippen molar-refractivity contribution in [3.63, 3.8) is 0 Å². The molecule has 1 saturated carbocycles. The Labute approximate surface area is 111 Å². The summed E-state index contributed by atoms with van der Waals surface area (Å²) in [7, 11) is 0. The lowest BCUT2D eigenvalue weighted by molar-refractivity contribution is -0.152. The van der Waals surface area contributed by atoms with Crippen LogP contribution < -0.4 is 0 Å². The third-order valence-electron chi connectivity index (χ3n) is 3.17. The fourth-order valence-corrected chi connectivity index (χ4v) is 3.74. The van der Waals surface area contributed by atoms with Gasteiger partial charge in [-0.15, -0.1) is 11.8 Å². The molecule has 1 saturated heterocycles. The minimum absolute atomic E-state index is 0.0214. The zero-order valence-corrected chi connectivity index (χ0v) is 11.5. The second kappa shape index (κ2) is 5.48. The van der Waals surface area contributed by atoms with Crippen LogP contribution >= 0.6 is 11.8 Å². The molecular weight excluding hydrogens is 254 g/mol. The lowest BCUT2D eigenvalue weighted by Gasteiger charge is -2.27. The third-order valence-corrected chi connectivity index (χ3v) is 4.63. The van der Waals surface area contributed by atoms with Crippen molar-refractivity contribution in [2.75, 3.05) is 12.4 Å². The van der Waals surface area contributed by atoms with E-state index in [2.05, 4.69) is 0 Å². The molecule has 2 rings (SSSR count). The molecule has 18 heavy (non-hydrogen) atoms. The van der Waals surface area contributed by atoms with Gasteiger partial charge in [0.05, 0.1) is 11.5 Å². The lowest BCUT2D eigenvalue weighted by Crippen LogP contribution is -2.48. The quantitative estimate of drug-likeness (QED) is 0.814. The molecule has 6 heteroatoms. The highest BCUT2D eigenvalue weighted by molar-refractivity contribution is 8.00. The molecule has 0 radical (unpaired) electrons. The van der Waals surface area contributed by atoms with Crippen molar-refractivity contribution in [3.8, 4) is 0 Å².